The van der Waals surface area contributed by atoms with Crippen LogP contribution in [0.25, 0.3) is 10.9 Å². The number of aromatic nitrogens is 2. The molecular formula is C16H13BN4O. The van der Waals surface area contributed by atoms with Crippen LogP contribution in [0.1, 0.15) is 6.92 Å². The third-order valence-corrected chi connectivity index (χ3v) is 3.13. The highest BCUT2D eigenvalue weighted by Gasteiger charge is 2.04. The van der Waals surface area contributed by atoms with E-state index in [0.717, 1.165) is 22.3 Å². The fourth-order valence-corrected chi connectivity index (χ4v) is 2.15. The SMILES string of the molecule is [B]c1ccc2ncnc(Nc3ccc(NC(C)=O)cc3)c2c1. The molecule has 6 heteroatoms. The van der Waals surface area contributed by atoms with Crippen molar-refractivity contribution in [3.05, 3.63) is 48.8 Å². The summed E-state index contributed by atoms with van der Waals surface area (Å²) in [6, 6.07) is 12.9. The third-order valence-electron chi connectivity index (χ3n) is 3.13. The molecule has 2 aromatic carbocycles. The van der Waals surface area contributed by atoms with Gasteiger partial charge in [-0.3, -0.25) is 4.79 Å². The minimum atomic E-state index is -0.0991. The lowest BCUT2D eigenvalue weighted by Crippen LogP contribution is -2.05. The van der Waals surface area contributed by atoms with Crippen LogP contribution in [-0.4, -0.2) is 23.7 Å². The van der Waals surface area contributed by atoms with Crippen molar-refractivity contribution in [3.63, 3.8) is 0 Å². The zero-order chi connectivity index (χ0) is 15.5. The fourth-order valence-electron chi connectivity index (χ4n) is 2.15. The van der Waals surface area contributed by atoms with E-state index in [4.69, 9.17) is 7.85 Å². The average molecular weight is 288 g/mol. The third kappa shape index (κ3) is 3.06. The number of rotatable bonds is 3. The first kappa shape index (κ1) is 14.1. The number of fused-ring (bicyclic) bond motifs is 1. The summed E-state index contributed by atoms with van der Waals surface area (Å²) < 4.78 is 0. The van der Waals surface area contributed by atoms with Crippen molar-refractivity contribution in [2.24, 2.45) is 0 Å². The smallest absolute Gasteiger partial charge is 0.221 e. The molecule has 3 aromatic rings. The lowest BCUT2D eigenvalue weighted by molar-refractivity contribution is -0.114. The minimum absolute atomic E-state index is 0.0991. The van der Waals surface area contributed by atoms with Gasteiger partial charge in [-0.2, -0.15) is 0 Å². The summed E-state index contributed by atoms with van der Waals surface area (Å²) in [6.45, 7) is 1.48. The number of hydrogen-bond acceptors (Lipinski definition) is 4. The maximum Gasteiger partial charge on any atom is 0.221 e. The van der Waals surface area contributed by atoms with Gasteiger partial charge in [0.25, 0.3) is 0 Å². The van der Waals surface area contributed by atoms with Crippen molar-refractivity contribution in [2.45, 2.75) is 6.92 Å². The van der Waals surface area contributed by atoms with Crippen LogP contribution in [0, 0.1) is 0 Å². The van der Waals surface area contributed by atoms with E-state index >= 15 is 0 Å². The number of carbonyl (C=O) groups excluding carboxylic acids is 1. The summed E-state index contributed by atoms with van der Waals surface area (Å²) in [6.07, 6.45) is 1.51. The Morgan fingerprint density at radius 2 is 1.77 bits per heavy atom. The van der Waals surface area contributed by atoms with E-state index in [2.05, 4.69) is 20.6 Å². The molecule has 0 aliphatic rings. The molecule has 0 bridgehead atoms. The van der Waals surface area contributed by atoms with E-state index in [1.807, 2.05) is 36.4 Å². The van der Waals surface area contributed by atoms with Gasteiger partial charge in [0.1, 0.15) is 20.0 Å². The van der Waals surface area contributed by atoms with E-state index in [1.165, 1.54) is 13.3 Å². The van der Waals surface area contributed by atoms with Crippen molar-refractivity contribution in [1.82, 2.24) is 9.97 Å². The van der Waals surface area contributed by atoms with Gasteiger partial charge in [-0.15, -0.1) is 0 Å². The molecule has 0 fully saturated rings. The van der Waals surface area contributed by atoms with Crippen molar-refractivity contribution in [2.75, 3.05) is 10.6 Å². The second-order valence-electron chi connectivity index (χ2n) is 4.88. The van der Waals surface area contributed by atoms with Crippen LogP contribution in [0.3, 0.4) is 0 Å². The van der Waals surface area contributed by atoms with E-state index in [9.17, 15) is 4.79 Å². The summed E-state index contributed by atoms with van der Waals surface area (Å²) in [5, 5.41) is 6.81. The molecule has 5 nitrogen and oxygen atoms in total. The quantitative estimate of drug-likeness (QED) is 0.724. The van der Waals surface area contributed by atoms with Crippen molar-refractivity contribution in [3.8, 4) is 0 Å². The number of amides is 1. The molecule has 0 spiro atoms. The van der Waals surface area contributed by atoms with Crippen molar-refractivity contribution < 1.29 is 4.79 Å². The molecule has 0 aliphatic carbocycles. The first-order chi connectivity index (χ1) is 10.6. The van der Waals surface area contributed by atoms with Gasteiger partial charge >= 0.3 is 0 Å². The summed E-state index contributed by atoms with van der Waals surface area (Å²) >= 11 is 0. The number of nitrogens with one attached hydrogen (secondary N) is 2. The zero-order valence-electron chi connectivity index (χ0n) is 12.0. The number of nitrogens with zero attached hydrogens (tertiary/aromatic N) is 2. The lowest BCUT2D eigenvalue weighted by atomic mass is 9.95. The first-order valence-electron chi connectivity index (χ1n) is 6.77. The van der Waals surface area contributed by atoms with E-state index in [0.29, 0.717) is 11.3 Å². The van der Waals surface area contributed by atoms with Crippen molar-refractivity contribution in [1.29, 1.82) is 0 Å². The highest BCUT2D eigenvalue weighted by atomic mass is 16.1. The highest BCUT2D eigenvalue weighted by Crippen LogP contribution is 2.23. The molecule has 1 aromatic heterocycles. The number of carbonyl (C=O) groups is 1. The topological polar surface area (TPSA) is 66.9 Å². The molecule has 2 N–H and O–H groups in total. The van der Waals surface area contributed by atoms with Crippen LogP contribution in [0.5, 0.6) is 0 Å². The second kappa shape index (κ2) is 5.85. The maximum absolute atomic E-state index is 11.0. The van der Waals surface area contributed by atoms with Crippen LogP contribution >= 0.6 is 0 Å². The van der Waals surface area contributed by atoms with Gasteiger partial charge in [-0.1, -0.05) is 17.6 Å². The summed E-state index contributed by atoms with van der Waals surface area (Å²) in [7, 11) is 5.83. The molecule has 22 heavy (non-hydrogen) atoms. The van der Waals surface area contributed by atoms with Crippen LogP contribution in [0.4, 0.5) is 17.2 Å². The Labute approximate surface area is 129 Å². The molecular weight excluding hydrogens is 275 g/mol. The first-order valence-corrected chi connectivity index (χ1v) is 6.77. The van der Waals surface area contributed by atoms with Crippen LogP contribution in [0.2, 0.25) is 0 Å². The van der Waals surface area contributed by atoms with Crippen molar-refractivity contribution >= 4 is 47.3 Å². The minimum Gasteiger partial charge on any atom is -0.340 e. The van der Waals surface area contributed by atoms with E-state index in [-0.39, 0.29) is 5.91 Å². The Kier molecular flexibility index (Phi) is 3.74. The predicted molar refractivity (Wildman–Crippen MR) is 89.0 cm³/mol. The molecule has 106 valence electrons. The lowest BCUT2D eigenvalue weighted by Gasteiger charge is -2.10. The highest BCUT2D eigenvalue weighted by molar-refractivity contribution is 6.33. The summed E-state index contributed by atoms with van der Waals surface area (Å²) in [4.78, 5) is 19.5. The van der Waals surface area contributed by atoms with Gasteiger partial charge in [-0.05, 0) is 30.3 Å². The molecule has 0 saturated heterocycles. The molecule has 0 atom stereocenters. The normalized spacial score (nSPS) is 10.4. The number of anilines is 3. The molecule has 3 rings (SSSR count). The molecule has 1 heterocycles. The Morgan fingerprint density at radius 1 is 1.05 bits per heavy atom. The summed E-state index contributed by atoms with van der Waals surface area (Å²) in [5.41, 5.74) is 3.08. The zero-order valence-corrected chi connectivity index (χ0v) is 12.0. The Balaban J connectivity index is 1.89. The standard InChI is InChI=1S/C16H13BN4O/c1-10(22)20-12-3-5-13(6-4-12)21-16-14-8-11(17)2-7-15(14)18-9-19-16/h2-9H,1H3,(H,20,22)(H,18,19,21). The number of benzene rings is 2. The average Bonchev–Trinajstić information content (AvgIpc) is 2.49. The Bertz CT molecular complexity index is 833. The van der Waals surface area contributed by atoms with Gasteiger partial charge in [0.05, 0.1) is 5.52 Å². The maximum atomic E-state index is 11.0. The molecule has 1 amide bonds. The van der Waals surface area contributed by atoms with Gasteiger partial charge in [0.2, 0.25) is 5.91 Å². The second-order valence-corrected chi connectivity index (χ2v) is 4.88. The number of hydrogen-bond donors (Lipinski definition) is 2. The van der Waals surface area contributed by atoms with Crippen LogP contribution in [-0.2, 0) is 4.79 Å². The predicted octanol–water partition coefficient (Wildman–Crippen LogP) is 2.13. The van der Waals surface area contributed by atoms with Crippen LogP contribution in [0.15, 0.2) is 48.8 Å². The molecule has 0 saturated carbocycles. The molecule has 2 radical (unpaired) electrons. The van der Waals surface area contributed by atoms with Gasteiger partial charge < -0.3 is 10.6 Å². The van der Waals surface area contributed by atoms with Crippen LogP contribution < -0.4 is 16.1 Å². The van der Waals surface area contributed by atoms with Gasteiger partial charge in [-0.25, -0.2) is 9.97 Å². The molecule has 0 aliphatic heterocycles. The molecule has 0 unspecified atom stereocenters. The van der Waals surface area contributed by atoms with E-state index in [1.54, 1.807) is 6.07 Å². The van der Waals surface area contributed by atoms with Gasteiger partial charge in [0.15, 0.2) is 0 Å². The van der Waals surface area contributed by atoms with Gasteiger partial charge in [0, 0.05) is 23.7 Å². The Morgan fingerprint density at radius 3 is 2.50 bits per heavy atom. The summed E-state index contributed by atoms with van der Waals surface area (Å²) in [5.74, 6) is 0.586. The monoisotopic (exact) mass is 288 g/mol. The largest absolute Gasteiger partial charge is 0.340 e. The fraction of sp³-hybridized carbons (Fsp3) is 0.0625. The Hall–Kier alpha value is -2.89. The van der Waals surface area contributed by atoms with E-state index < -0.39 is 0 Å².